The highest BCUT2D eigenvalue weighted by molar-refractivity contribution is 5.69. The predicted octanol–water partition coefficient (Wildman–Crippen LogP) is 27.5. The maximum atomic E-state index is 13.9. The van der Waals surface area contributed by atoms with Gasteiger partial charge < -0.3 is 0 Å². The molecular formula is C80H63F27. The lowest BCUT2D eigenvalue weighted by Crippen LogP contribution is -2.10. The minimum atomic E-state index is -4.56. The van der Waals surface area contributed by atoms with E-state index in [9.17, 15) is 119 Å². The second-order valence-corrected chi connectivity index (χ2v) is 24.7. The van der Waals surface area contributed by atoms with E-state index in [-0.39, 0.29) is 39.8 Å². The van der Waals surface area contributed by atoms with Gasteiger partial charge in [-0.2, -0.15) is 65.9 Å². The van der Waals surface area contributed by atoms with E-state index in [2.05, 4.69) is 0 Å². The average Bonchev–Trinajstić information content (AvgIpc) is 0.790. The third-order valence-electron chi connectivity index (χ3n) is 16.0. The molecule has 0 aliphatic carbocycles. The van der Waals surface area contributed by atoms with E-state index in [1.807, 2.05) is 38.1 Å². The van der Waals surface area contributed by atoms with E-state index in [0.29, 0.717) is 39.9 Å². The van der Waals surface area contributed by atoms with Crippen molar-refractivity contribution >= 4 is 0 Å². The molecule has 0 atom stereocenters. The highest BCUT2D eigenvalue weighted by Crippen LogP contribution is 2.36. The lowest BCUT2D eigenvalue weighted by Gasteiger charge is -2.11. The maximum absolute atomic E-state index is 13.9. The maximum Gasteiger partial charge on any atom is 0.389 e. The van der Waals surface area contributed by atoms with Gasteiger partial charge in [0.1, 0.15) is 69.8 Å². The molecule has 27 heteroatoms. The molecule has 0 heterocycles. The van der Waals surface area contributed by atoms with Crippen LogP contribution in [0.3, 0.4) is 0 Å². The van der Waals surface area contributed by atoms with Crippen molar-refractivity contribution in [3.8, 4) is 55.6 Å². The fraction of sp³-hybridized carbons (Fsp3) is 0.250. The number of hydrogen-bond donors (Lipinski definition) is 0. The number of alkyl halides is 15. The molecule has 0 unspecified atom stereocenters. The quantitative estimate of drug-likeness (QED) is 0.0898. The molecule has 0 saturated carbocycles. The number of halogens is 27. The number of benzene rings is 10. The van der Waals surface area contributed by atoms with Crippen LogP contribution in [0.1, 0.15) is 87.7 Å². The molecule has 0 aliphatic heterocycles. The van der Waals surface area contributed by atoms with Crippen LogP contribution in [0.15, 0.2) is 170 Å². The van der Waals surface area contributed by atoms with Crippen LogP contribution in [0.5, 0.6) is 0 Å². The van der Waals surface area contributed by atoms with Gasteiger partial charge in [-0.15, -0.1) is 0 Å². The molecule has 10 rings (SSSR count). The number of aryl methyl sites for hydroxylation is 7. The molecule has 0 fully saturated rings. The summed E-state index contributed by atoms with van der Waals surface area (Å²) in [6, 6.07) is 38.5. The van der Waals surface area contributed by atoms with Crippen LogP contribution in [0.4, 0.5) is 119 Å². The summed E-state index contributed by atoms with van der Waals surface area (Å²) < 4.78 is 348. The van der Waals surface area contributed by atoms with Gasteiger partial charge in [0, 0.05) is 59.9 Å². The van der Waals surface area contributed by atoms with Crippen molar-refractivity contribution in [2.24, 2.45) is 0 Å². The average molecular weight is 1540 g/mol. The number of hydrogen-bond acceptors (Lipinski definition) is 0. The first-order chi connectivity index (χ1) is 49.6. The van der Waals surface area contributed by atoms with Crippen molar-refractivity contribution in [1.82, 2.24) is 0 Å². The Morgan fingerprint density at radius 1 is 0.196 bits per heavy atom. The van der Waals surface area contributed by atoms with Crippen LogP contribution in [0.25, 0.3) is 55.6 Å². The molecule has 0 saturated heterocycles. The topological polar surface area (TPSA) is 0 Å². The smallest absolute Gasteiger partial charge is 0.207 e. The van der Waals surface area contributed by atoms with Gasteiger partial charge >= 0.3 is 30.9 Å². The molecule has 0 aliphatic rings. The zero-order chi connectivity index (χ0) is 79.8. The monoisotopic (exact) mass is 1540 g/mol. The lowest BCUT2D eigenvalue weighted by molar-refractivity contribution is -0.135. The van der Waals surface area contributed by atoms with Gasteiger partial charge in [-0.25, -0.2) is 52.7 Å². The summed E-state index contributed by atoms with van der Waals surface area (Å²) >= 11 is 0. The number of rotatable bonds is 15. The first-order valence-corrected chi connectivity index (χ1v) is 32.1. The van der Waals surface area contributed by atoms with Crippen LogP contribution in [-0.4, -0.2) is 30.9 Å². The molecule has 10 aromatic rings. The first-order valence-electron chi connectivity index (χ1n) is 32.1. The zero-order valence-corrected chi connectivity index (χ0v) is 56.9. The molecule has 0 N–H and O–H groups in total. The third kappa shape index (κ3) is 27.6. The second kappa shape index (κ2) is 36.7. The summed E-state index contributed by atoms with van der Waals surface area (Å²) in [5.74, 6) is -11.2. The summed E-state index contributed by atoms with van der Waals surface area (Å²) in [4.78, 5) is 0. The molecule has 0 nitrogen and oxygen atoms in total. The van der Waals surface area contributed by atoms with Crippen molar-refractivity contribution in [3.63, 3.8) is 0 Å². The minimum Gasteiger partial charge on any atom is -0.207 e. The minimum absolute atomic E-state index is 0.00855. The van der Waals surface area contributed by atoms with E-state index in [4.69, 9.17) is 0 Å². The van der Waals surface area contributed by atoms with Crippen molar-refractivity contribution in [2.45, 2.75) is 130 Å². The fourth-order valence-corrected chi connectivity index (χ4v) is 10.4. The fourth-order valence-electron chi connectivity index (χ4n) is 10.4. The highest BCUT2D eigenvalue weighted by Gasteiger charge is 2.32. The second-order valence-electron chi connectivity index (χ2n) is 24.7. The lowest BCUT2D eigenvalue weighted by atomic mass is 9.99. The first kappa shape index (κ1) is 86.2. The van der Waals surface area contributed by atoms with Gasteiger partial charge in [-0.3, -0.25) is 0 Å². The van der Waals surface area contributed by atoms with E-state index in [1.54, 1.807) is 56.3 Å². The Balaban J connectivity index is 0.000000209. The molecule has 107 heavy (non-hydrogen) atoms. The Hall–Kier alpha value is -9.69. The van der Waals surface area contributed by atoms with Gasteiger partial charge in [0.05, 0.1) is 5.56 Å². The molecule has 572 valence electrons. The molecular weight excluding hydrogens is 1470 g/mol. The standard InChI is InChI=1S/C16H11F7.C16H12F6.2C16H13F5.C16H14F4/c1-8-4-13(19)15(14(20)5-8)9-6-11(17)10(12(18)7-9)2-3-16(21,22)23;1-9-2-3-11(13(17)6-9)10-7-14(18)12(15(19)8-10)4-5-16(20,21)22;1-10-2-5-13(15(18)8-10)12-4-3-11(14(17)9-12)6-7-16(19,20)21;1-10-2-4-11(5-3-10)12-8-14(17)13(15(18)9-12)6-7-16(19,20)21;1-11-2-4-12(5-3-11)14-7-6-13(15(17)10-14)8-9-16(18,19)20/h4-7H,2-3H2,1H3;2-3,6-8H,4-5H2,1H3;2*2-5,8-9H,6-7H2,1H3;2-7,10H,8-9H2,1H3. The van der Waals surface area contributed by atoms with Crippen molar-refractivity contribution in [1.29, 1.82) is 0 Å². The zero-order valence-electron chi connectivity index (χ0n) is 56.9. The van der Waals surface area contributed by atoms with E-state index >= 15 is 0 Å². The van der Waals surface area contributed by atoms with Crippen LogP contribution < -0.4 is 0 Å². The largest absolute Gasteiger partial charge is 0.389 e. The summed E-state index contributed by atoms with van der Waals surface area (Å²) in [7, 11) is 0. The van der Waals surface area contributed by atoms with Crippen LogP contribution in [-0.2, 0) is 32.1 Å². The summed E-state index contributed by atoms with van der Waals surface area (Å²) in [5.41, 5.74) is 3.75. The Morgan fingerprint density at radius 2 is 0.449 bits per heavy atom. The molecule has 0 aromatic heterocycles. The summed E-state index contributed by atoms with van der Waals surface area (Å²) in [6.07, 6.45) is -31.3. The van der Waals surface area contributed by atoms with Gasteiger partial charge in [0.15, 0.2) is 0 Å². The molecule has 0 spiro atoms. The van der Waals surface area contributed by atoms with Gasteiger partial charge in [0.2, 0.25) is 0 Å². The Labute approximate surface area is 597 Å². The van der Waals surface area contributed by atoms with Crippen LogP contribution in [0, 0.1) is 104 Å². The predicted molar refractivity (Wildman–Crippen MR) is 354 cm³/mol. The van der Waals surface area contributed by atoms with Gasteiger partial charge in [-0.1, -0.05) is 108 Å². The molecule has 0 radical (unpaired) electrons. The Kier molecular flexibility index (Phi) is 29.6. The normalized spacial score (nSPS) is 11.7. The Morgan fingerprint density at radius 3 is 0.776 bits per heavy atom. The van der Waals surface area contributed by atoms with Crippen molar-refractivity contribution in [3.05, 3.63) is 295 Å². The summed E-state index contributed by atoms with van der Waals surface area (Å²) in [5, 5.41) is 0. The SMILES string of the molecule is Cc1cc(F)c(-c2cc(F)c(CCC(F)(F)F)c(F)c2)c(F)c1.Cc1ccc(-c2cc(F)c(CCC(F)(F)F)c(F)c2)c(F)c1.Cc1ccc(-c2cc(F)c(CCC(F)(F)F)c(F)c2)cc1.Cc1ccc(-c2ccc(CCC(F)(F)F)c(F)c2)c(F)c1.Cc1ccc(-c2ccc(CCC(F)(F)F)c(F)c2)cc1. The Bertz CT molecular complexity index is 4540. The van der Waals surface area contributed by atoms with Crippen LogP contribution >= 0.6 is 0 Å². The van der Waals surface area contributed by atoms with Gasteiger partial charge in [0.25, 0.3) is 0 Å². The van der Waals surface area contributed by atoms with E-state index < -0.39 is 186 Å². The third-order valence-corrected chi connectivity index (χ3v) is 16.0. The molecule has 0 bridgehead atoms. The van der Waals surface area contributed by atoms with Crippen molar-refractivity contribution < 1.29 is 119 Å². The van der Waals surface area contributed by atoms with Gasteiger partial charge in [-0.05, 0) is 206 Å². The molecule has 0 amide bonds. The highest BCUT2D eigenvalue weighted by atomic mass is 19.4. The summed E-state index contributed by atoms with van der Waals surface area (Å²) in [6.45, 7) is 8.66. The van der Waals surface area contributed by atoms with E-state index in [0.717, 1.165) is 64.7 Å². The molecule has 10 aromatic carbocycles. The van der Waals surface area contributed by atoms with Crippen LogP contribution in [0.2, 0.25) is 0 Å². The van der Waals surface area contributed by atoms with Crippen molar-refractivity contribution in [2.75, 3.05) is 0 Å². The van der Waals surface area contributed by atoms with E-state index in [1.165, 1.54) is 55.5 Å².